The summed E-state index contributed by atoms with van der Waals surface area (Å²) in [5.74, 6) is -1.62. The van der Waals surface area contributed by atoms with E-state index in [2.05, 4.69) is 9.71 Å². The quantitative estimate of drug-likeness (QED) is 0.107. The maximum Gasteiger partial charge on any atom is 0.325 e. The molecule has 40 heavy (non-hydrogen) atoms. The van der Waals surface area contributed by atoms with Gasteiger partial charge in [-0.05, 0) is 38.3 Å². The van der Waals surface area contributed by atoms with E-state index in [1.807, 2.05) is 38.1 Å². The zero-order chi connectivity index (χ0) is 29.9. The van der Waals surface area contributed by atoms with Crippen molar-refractivity contribution in [2.75, 3.05) is 45.2 Å². The van der Waals surface area contributed by atoms with Gasteiger partial charge in [0, 0.05) is 43.6 Å². The van der Waals surface area contributed by atoms with E-state index in [9.17, 15) is 18.0 Å². The third kappa shape index (κ3) is 8.91. The van der Waals surface area contributed by atoms with E-state index >= 15 is 0 Å². The molecule has 0 aliphatic carbocycles. The lowest BCUT2D eigenvalue weighted by Gasteiger charge is -2.27. The van der Waals surface area contributed by atoms with Crippen LogP contribution < -0.4 is 21.1 Å². The monoisotopic (exact) mass is 575 g/mol. The van der Waals surface area contributed by atoms with Crippen molar-refractivity contribution in [3.63, 3.8) is 0 Å². The molecule has 0 radical (unpaired) electrons. The van der Waals surface area contributed by atoms with Gasteiger partial charge in [-0.3, -0.25) is 20.0 Å². The van der Waals surface area contributed by atoms with Crippen molar-refractivity contribution in [1.82, 2.24) is 9.62 Å². The number of benzene rings is 2. The Morgan fingerprint density at radius 2 is 1.75 bits per heavy atom. The number of anilines is 1. The first kappa shape index (κ1) is 32.5. The van der Waals surface area contributed by atoms with Crippen LogP contribution in [0.25, 0.3) is 10.8 Å². The van der Waals surface area contributed by atoms with Crippen LogP contribution in [0, 0.1) is 5.41 Å². The number of nitrogens with one attached hydrogen (secondary N) is 2. The van der Waals surface area contributed by atoms with Crippen LogP contribution in [0.4, 0.5) is 5.69 Å². The number of rotatable bonds is 15. The average molecular weight is 576 g/mol. The molecule has 0 heterocycles. The molecule has 0 bridgehead atoms. The van der Waals surface area contributed by atoms with Gasteiger partial charge in [0.2, 0.25) is 15.9 Å². The highest BCUT2D eigenvalue weighted by Crippen LogP contribution is 2.30. The number of unbranched alkanes of at least 4 members (excludes halogenated alkanes) is 1. The van der Waals surface area contributed by atoms with E-state index in [1.165, 1.54) is 11.0 Å². The second-order valence-electron chi connectivity index (χ2n) is 9.44. The predicted octanol–water partition coefficient (Wildman–Crippen LogP) is 1.82. The van der Waals surface area contributed by atoms with E-state index in [1.54, 1.807) is 25.1 Å². The van der Waals surface area contributed by atoms with Crippen LogP contribution in [-0.4, -0.2) is 83.2 Å². The Balaban J connectivity index is 2.45. The molecule has 1 amide bonds. The number of amidine groups is 2. The van der Waals surface area contributed by atoms with Gasteiger partial charge < -0.3 is 26.0 Å². The largest absolute Gasteiger partial charge is 0.465 e. The molecule has 0 aliphatic rings. The Hall–Kier alpha value is -3.71. The molecule has 6 N–H and O–H groups in total. The molecule has 0 saturated carbocycles. The molecule has 0 aliphatic heterocycles. The molecule has 1 atom stereocenters. The fourth-order valence-electron chi connectivity index (χ4n) is 4.15. The summed E-state index contributed by atoms with van der Waals surface area (Å²) in [6.07, 6.45) is 1.74. The van der Waals surface area contributed by atoms with Gasteiger partial charge in [0.25, 0.3) is 0 Å². The number of carbonyl (C=O) groups is 2. The van der Waals surface area contributed by atoms with Crippen LogP contribution in [0.5, 0.6) is 0 Å². The Morgan fingerprint density at radius 1 is 1.07 bits per heavy atom. The highest BCUT2D eigenvalue weighted by atomic mass is 32.2. The molecule has 13 heteroatoms. The molecule has 0 spiro atoms. The predicted molar refractivity (Wildman–Crippen MR) is 158 cm³/mol. The number of ether oxygens (including phenoxy) is 1. The van der Waals surface area contributed by atoms with Crippen molar-refractivity contribution >= 4 is 50.0 Å². The SMILES string of the molecule is CCCCN(CC(=O)OCC)C(=O)C(CCCN=C(N)C(=N)N)NS(=O)(=O)c1cccc2c(N(C)C)cccc12. The van der Waals surface area contributed by atoms with Gasteiger partial charge in [0.15, 0.2) is 11.7 Å². The maximum atomic E-state index is 13.8. The van der Waals surface area contributed by atoms with Crippen LogP contribution in [-0.2, 0) is 24.3 Å². The third-order valence-corrected chi connectivity index (χ3v) is 7.68. The zero-order valence-electron chi connectivity index (χ0n) is 23.6. The standard InChI is InChI=1S/C27H41N7O5S/c1-5-7-17-34(18-24(35)39-6-2)27(36)21(13-10-16-31-26(30)25(28)29)32-40(37,38)23-15-9-11-19-20(23)12-8-14-22(19)33(3)4/h8-9,11-12,14-15,21,32H,5-7,10,13,16-18H2,1-4H3,(H3,28,29)(H2,30,31). The molecule has 2 aromatic carbocycles. The number of carbonyl (C=O) groups excluding carboxylic acids is 2. The first-order chi connectivity index (χ1) is 18.9. The molecular weight excluding hydrogens is 534 g/mol. The van der Waals surface area contributed by atoms with Crippen LogP contribution in [0.3, 0.4) is 0 Å². The third-order valence-electron chi connectivity index (χ3n) is 6.15. The number of esters is 1. The number of hydrogen-bond acceptors (Lipinski definition) is 8. The van der Waals surface area contributed by atoms with Crippen molar-refractivity contribution < 1.29 is 22.7 Å². The zero-order valence-corrected chi connectivity index (χ0v) is 24.5. The van der Waals surface area contributed by atoms with Gasteiger partial charge in [-0.25, -0.2) is 8.42 Å². The Kier molecular flexibility index (Phi) is 12.3. The van der Waals surface area contributed by atoms with Gasteiger partial charge in [-0.1, -0.05) is 37.6 Å². The number of aliphatic imine (C=N–C) groups is 1. The Bertz CT molecular complexity index is 1330. The topological polar surface area (TPSA) is 184 Å². The summed E-state index contributed by atoms with van der Waals surface area (Å²) in [5, 5.41) is 8.62. The second kappa shape index (κ2) is 15.2. The maximum absolute atomic E-state index is 13.8. The minimum Gasteiger partial charge on any atom is -0.465 e. The summed E-state index contributed by atoms with van der Waals surface area (Å²) in [5.41, 5.74) is 11.8. The minimum atomic E-state index is -4.18. The van der Waals surface area contributed by atoms with Gasteiger partial charge in [0.05, 0.1) is 11.5 Å². The molecule has 0 saturated heterocycles. The first-order valence-electron chi connectivity index (χ1n) is 13.2. The summed E-state index contributed by atoms with van der Waals surface area (Å²) >= 11 is 0. The Labute approximate surface area is 236 Å². The van der Waals surface area contributed by atoms with Gasteiger partial charge in [-0.2, -0.15) is 4.72 Å². The van der Waals surface area contributed by atoms with Crippen LogP contribution in [0.15, 0.2) is 46.3 Å². The number of amides is 1. The van der Waals surface area contributed by atoms with Crippen LogP contribution in [0.2, 0.25) is 0 Å². The summed E-state index contributed by atoms with van der Waals surface area (Å²) in [7, 11) is -0.433. The fraction of sp³-hybridized carbons (Fsp3) is 0.481. The van der Waals surface area contributed by atoms with E-state index in [0.29, 0.717) is 11.8 Å². The van der Waals surface area contributed by atoms with E-state index in [0.717, 1.165) is 17.5 Å². The van der Waals surface area contributed by atoms with Crippen LogP contribution in [0.1, 0.15) is 39.5 Å². The van der Waals surface area contributed by atoms with Crippen molar-refractivity contribution in [3.8, 4) is 0 Å². The number of sulfonamides is 1. The normalized spacial score (nSPS) is 12.7. The van der Waals surface area contributed by atoms with Crippen molar-refractivity contribution in [2.45, 2.75) is 50.5 Å². The molecule has 2 aromatic rings. The molecule has 0 aromatic heterocycles. The van der Waals surface area contributed by atoms with Gasteiger partial charge in [-0.15, -0.1) is 0 Å². The molecule has 220 valence electrons. The van der Waals surface area contributed by atoms with E-state index < -0.39 is 27.9 Å². The lowest BCUT2D eigenvalue weighted by molar-refractivity contribution is -0.149. The molecule has 1 unspecified atom stereocenters. The smallest absolute Gasteiger partial charge is 0.325 e. The highest BCUT2D eigenvalue weighted by Gasteiger charge is 2.31. The number of fused-ring (bicyclic) bond motifs is 1. The molecular formula is C27H41N7O5S. The lowest BCUT2D eigenvalue weighted by atomic mass is 10.1. The molecule has 2 rings (SSSR count). The number of nitrogens with two attached hydrogens (primary N) is 2. The minimum absolute atomic E-state index is 0.0378. The summed E-state index contributed by atoms with van der Waals surface area (Å²) in [6.45, 7) is 3.89. The van der Waals surface area contributed by atoms with Crippen molar-refractivity contribution in [1.29, 1.82) is 5.41 Å². The number of nitrogens with zero attached hydrogens (tertiary/aromatic N) is 3. The summed E-state index contributed by atoms with van der Waals surface area (Å²) in [4.78, 5) is 33.2. The fourth-order valence-corrected chi connectivity index (χ4v) is 5.60. The van der Waals surface area contributed by atoms with Crippen molar-refractivity contribution in [3.05, 3.63) is 36.4 Å². The number of hydrogen-bond donors (Lipinski definition) is 4. The van der Waals surface area contributed by atoms with Gasteiger partial charge in [0.1, 0.15) is 12.6 Å². The summed E-state index contributed by atoms with van der Waals surface area (Å²) < 4.78 is 35.1. The average Bonchev–Trinajstić information content (AvgIpc) is 2.91. The lowest BCUT2D eigenvalue weighted by Crippen LogP contribution is -2.50. The summed E-state index contributed by atoms with van der Waals surface area (Å²) in [6, 6.07) is 9.22. The Morgan fingerprint density at radius 3 is 2.38 bits per heavy atom. The first-order valence-corrected chi connectivity index (χ1v) is 14.7. The highest BCUT2D eigenvalue weighted by molar-refractivity contribution is 7.89. The van der Waals surface area contributed by atoms with Gasteiger partial charge >= 0.3 is 5.97 Å². The van der Waals surface area contributed by atoms with Crippen molar-refractivity contribution in [2.24, 2.45) is 16.5 Å². The molecule has 0 fully saturated rings. The second-order valence-corrected chi connectivity index (χ2v) is 11.1. The van der Waals surface area contributed by atoms with Crippen LogP contribution >= 0.6 is 0 Å². The molecule has 12 nitrogen and oxygen atoms in total. The van der Waals surface area contributed by atoms with E-state index in [4.69, 9.17) is 21.6 Å². The van der Waals surface area contributed by atoms with E-state index in [-0.39, 0.29) is 55.6 Å².